The Kier molecular flexibility index (Phi) is 3.94. The van der Waals surface area contributed by atoms with Gasteiger partial charge in [0.25, 0.3) is 5.91 Å². The Hall–Kier alpha value is -2.82. The molecule has 0 aromatic heterocycles. The maximum Gasteiger partial charge on any atom is 0.325 e. The Morgan fingerprint density at radius 2 is 1.96 bits per heavy atom. The van der Waals surface area contributed by atoms with Crippen molar-refractivity contribution in [3.05, 3.63) is 64.7 Å². The summed E-state index contributed by atoms with van der Waals surface area (Å²) >= 11 is 0. The third kappa shape index (κ3) is 2.55. The van der Waals surface area contributed by atoms with E-state index in [1.807, 2.05) is 56.3 Å². The number of nitrogens with zero attached hydrogens (tertiary/aromatic N) is 1. The first-order valence-electron chi connectivity index (χ1n) is 8.94. The van der Waals surface area contributed by atoms with Crippen molar-refractivity contribution in [3.8, 4) is 5.75 Å². The number of carbonyl (C=O) groups excluding carboxylic acids is 2. The minimum absolute atomic E-state index is 0.169. The zero-order chi connectivity index (χ0) is 18.3. The Morgan fingerprint density at radius 3 is 2.81 bits per heavy atom. The predicted octanol–water partition coefficient (Wildman–Crippen LogP) is 3.08. The maximum absolute atomic E-state index is 13.1. The molecule has 1 heterocycles. The largest absolute Gasteiger partial charge is 0.491 e. The lowest BCUT2D eigenvalue weighted by molar-refractivity contribution is -0.131. The van der Waals surface area contributed by atoms with Crippen LogP contribution in [0.25, 0.3) is 0 Å². The highest BCUT2D eigenvalue weighted by Gasteiger charge is 2.54. The normalized spacial score (nSPS) is 21.2. The summed E-state index contributed by atoms with van der Waals surface area (Å²) in [5.74, 6) is 0.620. The second-order valence-corrected chi connectivity index (χ2v) is 7.07. The molecule has 1 aliphatic carbocycles. The number of rotatable bonds is 4. The first-order chi connectivity index (χ1) is 12.5. The van der Waals surface area contributed by atoms with Crippen molar-refractivity contribution in [2.24, 2.45) is 0 Å². The number of carbonyl (C=O) groups is 2. The van der Waals surface area contributed by atoms with Crippen LogP contribution in [-0.2, 0) is 16.8 Å². The summed E-state index contributed by atoms with van der Waals surface area (Å²) in [6, 6.07) is 13.5. The minimum Gasteiger partial charge on any atom is -0.491 e. The molecule has 0 radical (unpaired) electrons. The highest BCUT2D eigenvalue weighted by atomic mass is 16.5. The Bertz CT molecular complexity index is 893. The van der Waals surface area contributed by atoms with Gasteiger partial charge in [0.05, 0.1) is 6.54 Å². The summed E-state index contributed by atoms with van der Waals surface area (Å²) in [5.41, 5.74) is 3.31. The number of hydrogen-bond donors (Lipinski definition) is 1. The van der Waals surface area contributed by atoms with Crippen molar-refractivity contribution in [2.45, 2.75) is 32.2 Å². The van der Waals surface area contributed by atoms with Crippen LogP contribution < -0.4 is 10.1 Å². The monoisotopic (exact) mass is 350 g/mol. The van der Waals surface area contributed by atoms with Crippen LogP contribution in [0.15, 0.2) is 42.5 Å². The van der Waals surface area contributed by atoms with E-state index in [0.717, 1.165) is 34.4 Å². The van der Waals surface area contributed by atoms with Crippen LogP contribution in [0, 0.1) is 13.8 Å². The van der Waals surface area contributed by atoms with E-state index in [1.54, 1.807) is 0 Å². The lowest BCUT2D eigenvalue weighted by Crippen LogP contribution is -2.42. The van der Waals surface area contributed by atoms with Gasteiger partial charge in [-0.15, -0.1) is 0 Å². The van der Waals surface area contributed by atoms with Crippen LogP contribution in [-0.4, -0.2) is 30.0 Å². The Balaban J connectivity index is 1.48. The molecule has 3 amide bonds. The van der Waals surface area contributed by atoms with E-state index in [4.69, 9.17) is 4.74 Å². The molecule has 26 heavy (non-hydrogen) atoms. The number of urea groups is 1. The summed E-state index contributed by atoms with van der Waals surface area (Å²) in [4.78, 5) is 26.8. The fourth-order valence-corrected chi connectivity index (χ4v) is 3.90. The van der Waals surface area contributed by atoms with Gasteiger partial charge in [0.1, 0.15) is 17.9 Å². The van der Waals surface area contributed by atoms with Crippen LogP contribution in [0.4, 0.5) is 4.79 Å². The summed E-state index contributed by atoms with van der Waals surface area (Å²) < 4.78 is 5.82. The highest BCUT2D eigenvalue weighted by molar-refractivity contribution is 6.08. The smallest absolute Gasteiger partial charge is 0.325 e. The van der Waals surface area contributed by atoms with Crippen molar-refractivity contribution in [1.29, 1.82) is 0 Å². The highest BCUT2D eigenvalue weighted by Crippen LogP contribution is 2.41. The fraction of sp³-hybridized carbons (Fsp3) is 0.333. The number of ether oxygens (including phenoxy) is 1. The molecule has 1 fully saturated rings. The van der Waals surface area contributed by atoms with Gasteiger partial charge in [-0.25, -0.2) is 4.79 Å². The lowest BCUT2D eigenvalue weighted by atomic mass is 9.92. The molecule has 2 aromatic carbocycles. The molecule has 0 saturated carbocycles. The van der Waals surface area contributed by atoms with E-state index in [0.29, 0.717) is 6.42 Å². The number of imide groups is 1. The standard InChI is InChI=1S/C21H22N2O3/c1-14-7-8-15(2)18(13-14)26-12-11-23-19(24)21(22-20(23)25)10-9-16-5-3-4-6-17(16)21/h3-8,13H,9-12H2,1-2H3,(H,22,25)/t21-/m0/s1. The van der Waals surface area contributed by atoms with Gasteiger partial charge in [0.2, 0.25) is 0 Å². The molecule has 134 valence electrons. The van der Waals surface area contributed by atoms with Crippen LogP contribution in [0.1, 0.15) is 28.7 Å². The number of aryl methyl sites for hydroxylation is 3. The summed E-state index contributed by atoms with van der Waals surface area (Å²) in [7, 11) is 0. The molecule has 1 saturated heterocycles. The zero-order valence-corrected chi connectivity index (χ0v) is 15.0. The quantitative estimate of drug-likeness (QED) is 0.862. The van der Waals surface area contributed by atoms with Crippen LogP contribution in [0.5, 0.6) is 5.75 Å². The molecule has 5 heteroatoms. The van der Waals surface area contributed by atoms with E-state index in [2.05, 4.69) is 5.32 Å². The average Bonchev–Trinajstić information content (AvgIpc) is 3.11. The van der Waals surface area contributed by atoms with Gasteiger partial charge in [-0.05, 0) is 55.0 Å². The molecule has 0 unspecified atom stereocenters. The molecule has 5 nitrogen and oxygen atoms in total. The van der Waals surface area contributed by atoms with Crippen molar-refractivity contribution < 1.29 is 14.3 Å². The van der Waals surface area contributed by atoms with E-state index < -0.39 is 5.54 Å². The molecule has 1 atom stereocenters. The van der Waals surface area contributed by atoms with E-state index in [1.165, 1.54) is 4.90 Å². The molecular formula is C21H22N2O3. The summed E-state index contributed by atoms with van der Waals surface area (Å²) in [5, 5.41) is 2.94. The van der Waals surface area contributed by atoms with Gasteiger partial charge in [0.15, 0.2) is 0 Å². The molecule has 1 spiro atoms. The van der Waals surface area contributed by atoms with Gasteiger partial charge in [-0.2, -0.15) is 0 Å². The maximum atomic E-state index is 13.1. The second kappa shape index (κ2) is 6.16. The number of fused-ring (bicyclic) bond motifs is 2. The van der Waals surface area contributed by atoms with Crippen molar-refractivity contribution in [3.63, 3.8) is 0 Å². The van der Waals surface area contributed by atoms with Crippen LogP contribution in [0.2, 0.25) is 0 Å². The van der Waals surface area contributed by atoms with Gasteiger partial charge in [-0.3, -0.25) is 9.69 Å². The number of hydrogen-bond acceptors (Lipinski definition) is 3. The molecule has 4 rings (SSSR count). The predicted molar refractivity (Wildman–Crippen MR) is 98.1 cm³/mol. The second-order valence-electron chi connectivity index (χ2n) is 7.07. The van der Waals surface area contributed by atoms with Crippen molar-refractivity contribution in [2.75, 3.05) is 13.2 Å². The molecule has 0 bridgehead atoms. The average molecular weight is 350 g/mol. The SMILES string of the molecule is Cc1ccc(C)c(OCCN2C(=O)N[C@]3(CCc4ccccc43)C2=O)c1. The van der Waals surface area contributed by atoms with E-state index >= 15 is 0 Å². The zero-order valence-electron chi connectivity index (χ0n) is 15.0. The van der Waals surface area contributed by atoms with Crippen LogP contribution in [0.3, 0.4) is 0 Å². The first kappa shape index (κ1) is 16.6. The van der Waals surface area contributed by atoms with Gasteiger partial charge < -0.3 is 10.1 Å². The Labute approximate surface area is 153 Å². The van der Waals surface area contributed by atoms with Crippen molar-refractivity contribution >= 4 is 11.9 Å². The third-order valence-corrected chi connectivity index (χ3v) is 5.34. The Morgan fingerprint density at radius 1 is 1.15 bits per heavy atom. The van der Waals surface area contributed by atoms with Crippen LogP contribution >= 0.6 is 0 Å². The first-order valence-corrected chi connectivity index (χ1v) is 8.94. The minimum atomic E-state index is -0.896. The van der Waals surface area contributed by atoms with Gasteiger partial charge in [0, 0.05) is 0 Å². The topological polar surface area (TPSA) is 58.6 Å². The third-order valence-electron chi connectivity index (χ3n) is 5.34. The van der Waals surface area contributed by atoms with Crippen molar-refractivity contribution in [1.82, 2.24) is 10.2 Å². The molecule has 1 aliphatic heterocycles. The van der Waals surface area contributed by atoms with E-state index in [9.17, 15) is 9.59 Å². The van der Waals surface area contributed by atoms with Gasteiger partial charge in [-0.1, -0.05) is 36.4 Å². The molecular weight excluding hydrogens is 328 g/mol. The molecule has 1 N–H and O–H groups in total. The molecule has 2 aliphatic rings. The number of amides is 3. The summed E-state index contributed by atoms with van der Waals surface area (Å²) in [6.07, 6.45) is 1.42. The lowest BCUT2D eigenvalue weighted by Gasteiger charge is -2.22. The number of nitrogens with one attached hydrogen (secondary N) is 1. The molecule has 2 aromatic rings. The van der Waals surface area contributed by atoms with E-state index in [-0.39, 0.29) is 25.1 Å². The number of benzene rings is 2. The van der Waals surface area contributed by atoms with Gasteiger partial charge >= 0.3 is 6.03 Å². The summed E-state index contributed by atoms with van der Waals surface area (Å²) in [6.45, 7) is 4.50. The fourth-order valence-electron chi connectivity index (χ4n) is 3.90.